The molecule has 6 heteroatoms. The van der Waals surface area contributed by atoms with Gasteiger partial charge in [-0.15, -0.1) is 11.3 Å². The van der Waals surface area contributed by atoms with Crippen LogP contribution < -0.4 is 0 Å². The van der Waals surface area contributed by atoms with Gasteiger partial charge in [-0.05, 0) is 84.5 Å². The van der Waals surface area contributed by atoms with Crippen molar-refractivity contribution in [2.45, 2.75) is 64.0 Å². The molecule has 0 radical (unpaired) electrons. The van der Waals surface area contributed by atoms with E-state index in [1.807, 2.05) is 31.7 Å². The fraction of sp³-hybridized carbons (Fsp3) is 0.750. The van der Waals surface area contributed by atoms with Crippen LogP contribution in [0.5, 0.6) is 0 Å². The number of nitrogens with zero attached hydrogens (tertiary/aromatic N) is 2. The monoisotopic (exact) mass is 382 g/mol. The second kappa shape index (κ2) is 6.79. The van der Waals surface area contributed by atoms with Crippen molar-refractivity contribution in [3.05, 3.63) is 22.1 Å². The molecule has 26 heavy (non-hydrogen) atoms. The van der Waals surface area contributed by atoms with Gasteiger partial charge in [0.2, 0.25) is 0 Å². The highest BCUT2D eigenvalue weighted by molar-refractivity contribution is 7.10. The highest BCUT2D eigenvalue weighted by Crippen LogP contribution is 2.52. The van der Waals surface area contributed by atoms with E-state index in [0.29, 0.717) is 0 Å². The lowest BCUT2D eigenvalue weighted by atomic mass is 9.66. The summed E-state index contributed by atoms with van der Waals surface area (Å²) in [6.45, 7) is 7.27. The van der Waals surface area contributed by atoms with Gasteiger partial charge in [-0.3, -0.25) is 4.90 Å². The summed E-state index contributed by atoms with van der Waals surface area (Å²) in [5.74, 6) is 0. The largest absolute Gasteiger partial charge is 0.444 e. The average molecular weight is 383 g/mol. The molecule has 0 atom stereocenters. The number of likely N-dealkylation sites (tertiary alicyclic amines) is 1. The predicted octanol–water partition coefficient (Wildman–Crippen LogP) is 4.85. The summed E-state index contributed by atoms with van der Waals surface area (Å²) in [5, 5.41) is -0.113. The topological polar surface area (TPSA) is 32.8 Å². The first-order valence-corrected chi connectivity index (χ1v) is 10.3. The van der Waals surface area contributed by atoms with E-state index in [2.05, 4.69) is 19.0 Å². The number of ether oxygens (including phenoxy) is 1. The van der Waals surface area contributed by atoms with Crippen LogP contribution in [0, 0.1) is 10.5 Å². The van der Waals surface area contributed by atoms with Crippen LogP contribution in [0.3, 0.4) is 0 Å². The Morgan fingerprint density at radius 2 is 1.85 bits per heavy atom. The first-order valence-electron chi connectivity index (χ1n) is 9.47. The smallest absolute Gasteiger partial charge is 0.410 e. The van der Waals surface area contributed by atoms with Gasteiger partial charge in [-0.2, -0.15) is 4.39 Å². The maximum atomic E-state index is 13.6. The summed E-state index contributed by atoms with van der Waals surface area (Å²) < 4.78 is 19.2. The maximum Gasteiger partial charge on any atom is 0.410 e. The molecule has 1 amide bonds. The number of halogens is 1. The number of carbonyl (C=O) groups excluding carboxylic acids is 1. The standard InChI is InChI=1S/C20H31FN2O2S/c1-18(2,3)25-17(24)23-13-12-19(14-23)8-10-20(11-9-19,22(4)5)15-6-7-16(21)26-15/h6-7H,8-14H2,1-5H3. The van der Waals surface area contributed by atoms with E-state index in [1.165, 1.54) is 11.3 Å². The fourth-order valence-electron chi connectivity index (χ4n) is 4.50. The lowest BCUT2D eigenvalue weighted by Gasteiger charge is -2.48. The van der Waals surface area contributed by atoms with Crippen molar-refractivity contribution in [1.29, 1.82) is 0 Å². The third-order valence-corrected chi connectivity index (χ3v) is 7.18. The lowest BCUT2D eigenvalue weighted by molar-refractivity contribution is 0.0187. The van der Waals surface area contributed by atoms with Gasteiger partial charge in [0.25, 0.3) is 0 Å². The predicted molar refractivity (Wildman–Crippen MR) is 103 cm³/mol. The summed E-state index contributed by atoms with van der Waals surface area (Å²) in [5.41, 5.74) is -0.353. The molecule has 1 aliphatic carbocycles. The molecule has 2 aliphatic rings. The quantitative estimate of drug-likeness (QED) is 0.733. The third kappa shape index (κ3) is 3.77. The number of rotatable bonds is 2. The van der Waals surface area contributed by atoms with Crippen LogP contribution in [0.1, 0.15) is 57.8 Å². The van der Waals surface area contributed by atoms with Crippen molar-refractivity contribution in [2.75, 3.05) is 27.2 Å². The maximum absolute atomic E-state index is 13.6. The minimum atomic E-state index is -0.456. The second-order valence-electron chi connectivity index (χ2n) is 9.18. The molecule has 1 aliphatic heterocycles. The summed E-state index contributed by atoms with van der Waals surface area (Å²) in [7, 11) is 4.19. The average Bonchev–Trinajstić information content (AvgIpc) is 3.14. The van der Waals surface area contributed by atoms with E-state index in [-0.39, 0.29) is 22.2 Å². The molecule has 146 valence electrons. The Kier molecular flexibility index (Phi) is 5.12. The molecule has 2 heterocycles. The van der Waals surface area contributed by atoms with Gasteiger partial charge in [-0.25, -0.2) is 4.79 Å². The minimum absolute atomic E-state index is 0.0837. The summed E-state index contributed by atoms with van der Waals surface area (Å²) >= 11 is 1.27. The molecule has 1 aromatic rings. The van der Waals surface area contributed by atoms with E-state index in [1.54, 1.807) is 6.07 Å². The van der Waals surface area contributed by atoms with Crippen molar-refractivity contribution in [3.63, 3.8) is 0 Å². The highest BCUT2D eigenvalue weighted by Gasteiger charge is 2.49. The van der Waals surface area contributed by atoms with E-state index in [9.17, 15) is 9.18 Å². The van der Waals surface area contributed by atoms with Crippen LogP contribution in [0.4, 0.5) is 9.18 Å². The van der Waals surface area contributed by atoms with E-state index in [0.717, 1.165) is 50.1 Å². The Bertz CT molecular complexity index is 657. The third-order valence-electron chi connectivity index (χ3n) is 6.12. The van der Waals surface area contributed by atoms with Gasteiger partial charge in [0.1, 0.15) is 5.60 Å². The van der Waals surface area contributed by atoms with Crippen LogP contribution in [-0.2, 0) is 10.3 Å². The Balaban J connectivity index is 1.69. The Hall–Kier alpha value is -1.14. The van der Waals surface area contributed by atoms with Crippen LogP contribution >= 0.6 is 11.3 Å². The van der Waals surface area contributed by atoms with E-state index in [4.69, 9.17) is 4.74 Å². The number of carbonyl (C=O) groups is 1. The zero-order chi connectivity index (χ0) is 19.2. The number of thiophene rings is 1. The van der Waals surface area contributed by atoms with E-state index >= 15 is 0 Å². The van der Waals surface area contributed by atoms with Crippen molar-refractivity contribution < 1.29 is 13.9 Å². The molecule has 1 saturated heterocycles. The molecular weight excluding hydrogens is 351 g/mol. The van der Waals surface area contributed by atoms with Gasteiger partial charge >= 0.3 is 6.09 Å². The Labute approximate surface area is 160 Å². The highest BCUT2D eigenvalue weighted by atomic mass is 32.1. The molecule has 3 rings (SSSR count). The number of hydrogen-bond acceptors (Lipinski definition) is 4. The second-order valence-corrected chi connectivity index (χ2v) is 10.2. The van der Waals surface area contributed by atoms with Gasteiger partial charge in [0, 0.05) is 18.0 Å². The molecule has 0 aromatic carbocycles. The molecule has 1 spiro atoms. The molecule has 0 N–H and O–H groups in total. The minimum Gasteiger partial charge on any atom is -0.444 e. The molecule has 2 fully saturated rings. The lowest BCUT2D eigenvalue weighted by Crippen LogP contribution is -2.47. The molecule has 1 aromatic heterocycles. The SMILES string of the molecule is CN(C)C1(c2ccc(F)s2)CCC2(CCN(C(=O)OC(C)(C)C)C2)CC1. The first kappa shape index (κ1) is 19.6. The zero-order valence-electron chi connectivity index (χ0n) is 16.6. The molecule has 1 saturated carbocycles. The zero-order valence-corrected chi connectivity index (χ0v) is 17.4. The van der Waals surface area contributed by atoms with Gasteiger partial charge in [0.15, 0.2) is 5.13 Å². The summed E-state index contributed by atoms with van der Waals surface area (Å²) in [6, 6.07) is 3.52. The van der Waals surface area contributed by atoms with Gasteiger partial charge < -0.3 is 9.64 Å². The van der Waals surface area contributed by atoms with Crippen LogP contribution in [0.2, 0.25) is 0 Å². The Morgan fingerprint density at radius 3 is 2.35 bits per heavy atom. The molecule has 0 unspecified atom stereocenters. The summed E-state index contributed by atoms with van der Waals surface area (Å²) in [4.78, 5) is 17.7. The summed E-state index contributed by atoms with van der Waals surface area (Å²) in [6.07, 6.45) is 4.96. The fourth-order valence-corrected chi connectivity index (χ4v) is 5.56. The van der Waals surface area contributed by atoms with Crippen molar-refractivity contribution in [2.24, 2.45) is 5.41 Å². The van der Waals surface area contributed by atoms with Crippen molar-refractivity contribution in [3.8, 4) is 0 Å². The molecule has 4 nitrogen and oxygen atoms in total. The Morgan fingerprint density at radius 1 is 1.19 bits per heavy atom. The van der Waals surface area contributed by atoms with Gasteiger partial charge in [0.05, 0.1) is 5.54 Å². The van der Waals surface area contributed by atoms with Crippen LogP contribution in [0.15, 0.2) is 12.1 Å². The van der Waals surface area contributed by atoms with Crippen molar-refractivity contribution >= 4 is 17.4 Å². The molecule has 0 bridgehead atoms. The van der Waals surface area contributed by atoms with Gasteiger partial charge in [-0.1, -0.05) is 0 Å². The molecular formula is C20H31FN2O2S. The normalized spacial score (nSPS) is 29.6. The van der Waals surface area contributed by atoms with Crippen LogP contribution in [0.25, 0.3) is 0 Å². The van der Waals surface area contributed by atoms with Crippen LogP contribution in [-0.4, -0.2) is 48.7 Å². The van der Waals surface area contributed by atoms with E-state index < -0.39 is 5.60 Å². The number of amides is 1. The van der Waals surface area contributed by atoms with Crippen molar-refractivity contribution in [1.82, 2.24) is 9.80 Å². The number of hydrogen-bond donors (Lipinski definition) is 0. The first-order chi connectivity index (χ1) is 12.1.